The third-order valence-electron chi connectivity index (χ3n) is 2.00. The van der Waals surface area contributed by atoms with E-state index in [0.29, 0.717) is 17.0 Å². The van der Waals surface area contributed by atoms with Gasteiger partial charge in [0, 0.05) is 11.9 Å². The minimum absolute atomic E-state index is 0.0413. The SMILES string of the molecule is Cc1[nH]c(=O)sc1S(=O)(=O)Nc1ccnc(Cl)c1. The third kappa shape index (κ3) is 2.71. The molecule has 0 spiro atoms. The Morgan fingerprint density at radius 2 is 2.22 bits per heavy atom. The minimum atomic E-state index is -3.79. The van der Waals surface area contributed by atoms with Crippen LogP contribution in [0.3, 0.4) is 0 Å². The molecule has 0 radical (unpaired) electrons. The second-order valence-electron chi connectivity index (χ2n) is 3.40. The summed E-state index contributed by atoms with van der Waals surface area (Å²) in [6, 6.07) is 2.85. The van der Waals surface area contributed by atoms with Crippen LogP contribution in [0.2, 0.25) is 5.15 Å². The molecule has 18 heavy (non-hydrogen) atoms. The fourth-order valence-electron chi connectivity index (χ4n) is 1.31. The van der Waals surface area contributed by atoms with Gasteiger partial charge in [0.25, 0.3) is 10.0 Å². The summed E-state index contributed by atoms with van der Waals surface area (Å²) in [4.78, 5) is 16.8. The van der Waals surface area contributed by atoms with Crippen LogP contribution >= 0.6 is 22.9 Å². The Hall–Kier alpha value is -1.38. The highest BCUT2D eigenvalue weighted by Gasteiger charge is 2.20. The maximum absolute atomic E-state index is 12.0. The number of nitrogens with one attached hydrogen (secondary N) is 2. The van der Waals surface area contributed by atoms with Crippen LogP contribution in [0, 0.1) is 6.92 Å². The van der Waals surface area contributed by atoms with Crippen molar-refractivity contribution >= 4 is 38.6 Å². The minimum Gasteiger partial charge on any atom is -0.315 e. The maximum atomic E-state index is 12.0. The fourth-order valence-corrected chi connectivity index (χ4v) is 3.84. The van der Waals surface area contributed by atoms with Crippen molar-refractivity contribution in [2.24, 2.45) is 0 Å². The molecule has 0 bridgehead atoms. The van der Waals surface area contributed by atoms with Crippen LogP contribution in [0.15, 0.2) is 27.3 Å². The highest BCUT2D eigenvalue weighted by Crippen LogP contribution is 2.21. The van der Waals surface area contributed by atoms with Crippen LogP contribution in [0.1, 0.15) is 5.69 Å². The molecule has 0 aromatic carbocycles. The summed E-state index contributed by atoms with van der Waals surface area (Å²) in [5.74, 6) is 0. The van der Waals surface area contributed by atoms with Crippen LogP contribution in [-0.4, -0.2) is 18.4 Å². The van der Waals surface area contributed by atoms with E-state index in [4.69, 9.17) is 11.6 Å². The molecule has 0 saturated heterocycles. The van der Waals surface area contributed by atoms with Crippen molar-refractivity contribution < 1.29 is 8.42 Å². The Balaban J connectivity index is 2.39. The summed E-state index contributed by atoms with van der Waals surface area (Å²) in [6.45, 7) is 1.52. The lowest BCUT2D eigenvalue weighted by Gasteiger charge is -2.06. The maximum Gasteiger partial charge on any atom is 0.306 e. The van der Waals surface area contributed by atoms with Gasteiger partial charge in [-0.25, -0.2) is 13.4 Å². The molecule has 0 atom stereocenters. The van der Waals surface area contributed by atoms with Crippen LogP contribution in [0.25, 0.3) is 0 Å². The van der Waals surface area contributed by atoms with Gasteiger partial charge in [-0.1, -0.05) is 22.9 Å². The number of thiazole rings is 1. The van der Waals surface area contributed by atoms with Gasteiger partial charge in [0.2, 0.25) is 0 Å². The molecular formula is C9H8ClN3O3S2. The number of H-pyrrole nitrogens is 1. The van der Waals surface area contributed by atoms with E-state index in [9.17, 15) is 13.2 Å². The second kappa shape index (κ2) is 4.71. The van der Waals surface area contributed by atoms with E-state index in [1.54, 1.807) is 0 Å². The summed E-state index contributed by atoms with van der Waals surface area (Å²) < 4.78 is 26.3. The number of anilines is 1. The Bertz CT molecular complexity index is 736. The predicted molar refractivity (Wildman–Crippen MR) is 69.7 cm³/mol. The number of pyridine rings is 1. The summed E-state index contributed by atoms with van der Waals surface area (Å²) in [7, 11) is -3.79. The zero-order chi connectivity index (χ0) is 13.3. The first kappa shape index (κ1) is 13.1. The molecular weight excluding hydrogens is 298 g/mol. The number of sulfonamides is 1. The summed E-state index contributed by atoms with van der Waals surface area (Å²) in [5, 5.41) is 0.175. The molecule has 2 heterocycles. The van der Waals surface area contributed by atoms with Crippen molar-refractivity contribution in [2.75, 3.05) is 4.72 Å². The molecule has 0 saturated carbocycles. The van der Waals surface area contributed by atoms with Gasteiger partial charge >= 0.3 is 4.87 Å². The highest BCUT2D eigenvalue weighted by molar-refractivity contribution is 7.94. The third-order valence-corrected chi connectivity index (χ3v) is 5.20. The number of hydrogen-bond donors (Lipinski definition) is 2. The van der Waals surface area contributed by atoms with Gasteiger partial charge in [0.15, 0.2) is 4.21 Å². The first-order valence-corrected chi connectivity index (χ1v) is 7.40. The quantitative estimate of drug-likeness (QED) is 0.842. The van der Waals surface area contributed by atoms with E-state index in [1.807, 2.05) is 0 Å². The molecule has 96 valence electrons. The van der Waals surface area contributed by atoms with E-state index in [1.165, 1.54) is 25.3 Å². The van der Waals surface area contributed by atoms with Gasteiger partial charge in [0.05, 0.1) is 5.69 Å². The van der Waals surface area contributed by atoms with E-state index in [-0.39, 0.29) is 15.0 Å². The van der Waals surface area contributed by atoms with Gasteiger partial charge in [-0.2, -0.15) is 0 Å². The number of aromatic nitrogens is 2. The second-order valence-corrected chi connectivity index (χ2v) is 6.65. The molecule has 0 aliphatic rings. The summed E-state index contributed by atoms with van der Waals surface area (Å²) in [6.07, 6.45) is 1.38. The van der Waals surface area contributed by atoms with E-state index >= 15 is 0 Å². The Kier molecular flexibility index (Phi) is 3.42. The van der Waals surface area contributed by atoms with Crippen LogP contribution < -0.4 is 9.60 Å². The topological polar surface area (TPSA) is 91.9 Å². The number of aromatic amines is 1. The molecule has 0 fully saturated rings. The average molecular weight is 306 g/mol. The van der Waals surface area contributed by atoms with Crippen LogP contribution in [0.5, 0.6) is 0 Å². The Morgan fingerprint density at radius 3 is 2.78 bits per heavy atom. The van der Waals surface area contributed by atoms with Gasteiger partial charge in [-0.05, 0) is 19.1 Å². The average Bonchev–Trinajstić information content (AvgIpc) is 2.58. The molecule has 9 heteroatoms. The lowest BCUT2D eigenvalue weighted by Crippen LogP contribution is -2.12. The molecule has 2 rings (SSSR count). The highest BCUT2D eigenvalue weighted by atomic mass is 35.5. The summed E-state index contributed by atoms with van der Waals surface area (Å²) >= 11 is 6.29. The van der Waals surface area contributed by atoms with Crippen molar-refractivity contribution in [3.05, 3.63) is 38.8 Å². The predicted octanol–water partition coefficient (Wildman–Crippen LogP) is 1.59. The number of rotatable bonds is 3. The van der Waals surface area contributed by atoms with Crippen LogP contribution in [-0.2, 0) is 10.0 Å². The van der Waals surface area contributed by atoms with Gasteiger partial charge in [0.1, 0.15) is 5.15 Å². The lowest BCUT2D eigenvalue weighted by atomic mass is 10.4. The van der Waals surface area contributed by atoms with Crippen molar-refractivity contribution in [3.8, 4) is 0 Å². The molecule has 0 aliphatic heterocycles. The normalized spacial score (nSPS) is 11.4. The largest absolute Gasteiger partial charge is 0.315 e. The molecule has 0 unspecified atom stereocenters. The molecule has 0 aliphatic carbocycles. The molecule has 0 amide bonds. The van der Waals surface area contributed by atoms with Gasteiger partial charge in [-0.3, -0.25) is 9.52 Å². The fraction of sp³-hybridized carbons (Fsp3) is 0.111. The Morgan fingerprint density at radius 1 is 1.50 bits per heavy atom. The van der Waals surface area contributed by atoms with Gasteiger partial charge < -0.3 is 4.98 Å². The molecule has 2 N–H and O–H groups in total. The van der Waals surface area contributed by atoms with Crippen LogP contribution in [0.4, 0.5) is 5.69 Å². The summed E-state index contributed by atoms with van der Waals surface area (Å²) in [5.41, 5.74) is 0.591. The zero-order valence-corrected chi connectivity index (χ0v) is 11.5. The smallest absolute Gasteiger partial charge is 0.306 e. The van der Waals surface area contributed by atoms with Gasteiger partial charge in [-0.15, -0.1) is 0 Å². The number of aryl methyl sites for hydroxylation is 1. The van der Waals surface area contributed by atoms with E-state index in [0.717, 1.165) is 0 Å². The van der Waals surface area contributed by atoms with Crippen molar-refractivity contribution in [1.29, 1.82) is 0 Å². The van der Waals surface area contributed by atoms with E-state index < -0.39 is 14.9 Å². The number of halogens is 1. The first-order valence-electron chi connectivity index (χ1n) is 4.72. The first-order chi connectivity index (χ1) is 8.38. The van der Waals surface area contributed by atoms with Crippen molar-refractivity contribution in [1.82, 2.24) is 9.97 Å². The standard InChI is InChI=1S/C9H8ClN3O3S2/c1-5-8(17-9(14)12-5)18(15,16)13-6-2-3-11-7(10)4-6/h2-4H,1H3,(H,11,13)(H,12,14). The number of hydrogen-bond acceptors (Lipinski definition) is 5. The molecule has 2 aromatic rings. The monoisotopic (exact) mass is 305 g/mol. The zero-order valence-electron chi connectivity index (χ0n) is 9.10. The van der Waals surface area contributed by atoms with E-state index in [2.05, 4.69) is 14.7 Å². The van der Waals surface area contributed by atoms with Crippen molar-refractivity contribution in [2.45, 2.75) is 11.1 Å². The molecule has 6 nitrogen and oxygen atoms in total. The lowest BCUT2D eigenvalue weighted by molar-refractivity contribution is 0.602. The number of nitrogens with zero attached hydrogens (tertiary/aromatic N) is 1. The van der Waals surface area contributed by atoms with Crippen molar-refractivity contribution in [3.63, 3.8) is 0 Å². The molecule has 2 aromatic heterocycles. The Labute approximate surface area is 112 Å².